The van der Waals surface area contributed by atoms with Crippen molar-refractivity contribution in [2.24, 2.45) is 17.3 Å². The summed E-state index contributed by atoms with van der Waals surface area (Å²) >= 11 is 0. The Balaban J connectivity index is 1.31. The minimum atomic E-state index is -0.711. The molecule has 5 unspecified atom stereocenters. The van der Waals surface area contributed by atoms with Crippen LogP contribution in [-0.2, 0) is 20.5 Å². The van der Waals surface area contributed by atoms with Crippen LogP contribution >= 0.6 is 0 Å². The van der Waals surface area contributed by atoms with Gasteiger partial charge in [-0.05, 0) is 88.0 Å². The quantitative estimate of drug-likeness (QED) is 0.254. The summed E-state index contributed by atoms with van der Waals surface area (Å²) < 4.78 is 30.0. The van der Waals surface area contributed by atoms with Crippen LogP contribution in [-0.4, -0.2) is 59.5 Å². The number of hydrogen-bond donors (Lipinski definition) is 1. The molecule has 1 aromatic heterocycles. The second kappa shape index (κ2) is 11.3. The van der Waals surface area contributed by atoms with Crippen LogP contribution in [0.2, 0.25) is 0 Å². The largest absolute Gasteiger partial charge is 0.496 e. The van der Waals surface area contributed by atoms with Crippen molar-refractivity contribution in [3.8, 4) is 17.1 Å². The predicted molar refractivity (Wildman–Crippen MR) is 168 cm³/mol. The molecule has 0 spiro atoms. The number of aromatic nitrogens is 2. The molecule has 7 rings (SSSR count). The molecular weight excluding hydrogens is 573 g/mol. The summed E-state index contributed by atoms with van der Waals surface area (Å²) in [7, 11) is 0.816. The highest BCUT2D eigenvalue weighted by Crippen LogP contribution is 2.65. The maximum atomic E-state index is 13.9. The van der Waals surface area contributed by atoms with Crippen molar-refractivity contribution in [1.82, 2.24) is 15.5 Å². The van der Waals surface area contributed by atoms with E-state index in [9.17, 15) is 9.59 Å². The second-order valence-electron chi connectivity index (χ2n) is 14.3. The van der Waals surface area contributed by atoms with E-state index in [2.05, 4.69) is 36.2 Å². The van der Waals surface area contributed by atoms with Gasteiger partial charge in [0.25, 0.3) is 5.91 Å². The molecule has 1 amide bonds. The third-order valence-electron chi connectivity index (χ3n) is 9.88. The maximum absolute atomic E-state index is 13.9. The summed E-state index contributed by atoms with van der Waals surface area (Å²) in [6.45, 7) is 14.0. The van der Waals surface area contributed by atoms with E-state index in [-0.39, 0.29) is 17.4 Å². The lowest BCUT2D eigenvalue weighted by molar-refractivity contribution is -0.199. The summed E-state index contributed by atoms with van der Waals surface area (Å²) in [6.07, 6.45) is 2.25. The number of benzene rings is 2. The van der Waals surface area contributed by atoms with Crippen molar-refractivity contribution in [2.75, 3.05) is 7.11 Å². The minimum Gasteiger partial charge on any atom is -0.496 e. The Kier molecular flexibility index (Phi) is 7.84. The van der Waals surface area contributed by atoms with Crippen molar-refractivity contribution >= 4 is 19.0 Å². The molecule has 2 bridgehead atoms. The van der Waals surface area contributed by atoms with Crippen LogP contribution in [0, 0.1) is 24.2 Å². The van der Waals surface area contributed by atoms with Crippen LogP contribution in [0.5, 0.6) is 5.75 Å². The number of rotatable bonds is 8. The fourth-order valence-electron chi connectivity index (χ4n) is 7.47. The average molecular weight is 616 g/mol. The Morgan fingerprint density at radius 1 is 1.13 bits per heavy atom. The molecule has 1 saturated heterocycles. The van der Waals surface area contributed by atoms with Crippen molar-refractivity contribution in [2.45, 2.75) is 91.0 Å². The molecule has 3 aromatic rings. The number of amides is 1. The highest BCUT2D eigenvalue weighted by atomic mass is 16.7. The molecule has 2 heterocycles. The van der Waals surface area contributed by atoms with E-state index < -0.39 is 30.2 Å². The number of esters is 1. The Morgan fingerprint density at radius 2 is 1.89 bits per heavy atom. The van der Waals surface area contributed by atoms with Crippen LogP contribution in [0.3, 0.4) is 0 Å². The maximum Gasteiger partial charge on any atom is 0.482 e. The van der Waals surface area contributed by atoms with Gasteiger partial charge in [-0.2, -0.15) is 4.98 Å². The van der Waals surface area contributed by atoms with E-state index in [0.717, 1.165) is 18.4 Å². The summed E-state index contributed by atoms with van der Waals surface area (Å²) in [5.41, 5.74) is 1.16. The monoisotopic (exact) mass is 615 g/mol. The van der Waals surface area contributed by atoms with Gasteiger partial charge in [0.05, 0.1) is 24.8 Å². The molecule has 5 atom stereocenters. The van der Waals surface area contributed by atoms with E-state index in [1.807, 2.05) is 32.9 Å². The fourth-order valence-corrected chi connectivity index (χ4v) is 7.47. The first-order valence-corrected chi connectivity index (χ1v) is 15.6. The minimum absolute atomic E-state index is 0.0709. The molecule has 1 N–H and O–H groups in total. The predicted octanol–water partition coefficient (Wildman–Crippen LogP) is 5.62. The normalized spacial score (nSPS) is 25.6. The van der Waals surface area contributed by atoms with Crippen LogP contribution in [0.15, 0.2) is 47.0 Å². The number of nitrogens with one attached hydrogen (secondary N) is 1. The number of methoxy groups -OCH3 is 1. The van der Waals surface area contributed by atoms with Gasteiger partial charge in [-0.1, -0.05) is 43.3 Å². The lowest BCUT2D eigenvalue weighted by atomic mass is 9.43. The highest BCUT2D eigenvalue weighted by molar-refractivity contribution is 6.48. The van der Waals surface area contributed by atoms with Crippen molar-refractivity contribution in [3.05, 3.63) is 65.0 Å². The van der Waals surface area contributed by atoms with Gasteiger partial charge in [-0.3, -0.25) is 4.79 Å². The Bertz CT molecular complexity index is 1610. The molecular formula is C34H42BN3O7. The third kappa shape index (κ3) is 5.76. The Labute approximate surface area is 264 Å². The summed E-state index contributed by atoms with van der Waals surface area (Å²) in [6, 6.07) is 12.4. The molecule has 10 nitrogen and oxygen atoms in total. The zero-order valence-corrected chi connectivity index (χ0v) is 27.3. The first kappa shape index (κ1) is 31.3. The van der Waals surface area contributed by atoms with E-state index in [4.69, 9.17) is 23.3 Å². The number of para-hydroxylation sites is 1. The average Bonchev–Trinajstić information content (AvgIpc) is 3.58. The standard InChI is InChI=1S/C34H42BN3O7/c1-19-36-29(38-44-19)21-12-9-13-22(15-21)30(39)37-27(35-43-26-18-23-17-25(33(23,5)6)34(26,7)45-35)16-20-11-10-14-24(28(20)41-8)31(40)42-32(2,3)4/h9-15,23,25-27H,16-18H2,1-8H3,(H,37,39). The lowest BCUT2D eigenvalue weighted by Gasteiger charge is -2.64. The zero-order valence-electron chi connectivity index (χ0n) is 27.3. The van der Waals surface area contributed by atoms with Gasteiger partial charge in [-0.15, -0.1) is 0 Å². The smallest absolute Gasteiger partial charge is 0.482 e. The summed E-state index contributed by atoms with van der Waals surface area (Å²) in [5.74, 6) is 0.792. The number of nitrogens with zero attached hydrogens (tertiary/aromatic N) is 2. The molecule has 0 radical (unpaired) electrons. The summed E-state index contributed by atoms with van der Waals surface area (Å²) in [4.78, 5) is 31.3. The SMILES string of the molecule is COc1c(CC(NC(=O)c2cccc(-c3noc(C)n3)c2)B2OC3CC4CC(C4(C)C)C3(C)O2)cccc1C(=O)OC(C)(C)C. The topological polar surface area (TPSA) is 122 Å². The number of carbonyl (C=O) groups excluding carboxylic acids is 2. The van der Waals surface area contributed by atoms with Gasteiger partial charge in [-0.25, -0.2) is 4.79 Å². The zero-order chi connectivity index (χ0) is 32.3. The molecule has 2 aromatic carbocycles. The van der Waals surface area contributed by atoms with Crippen LogP contribution in [0.1, 0.15) is 86.6 Å². The number of hydrogen-bond acceptors (Lipinski definition) is 9. The molecule has 238 valence electrons. The summed E-state index contributed by atoms with van der Waals surface area (Å²) in [5, 5.41) is 7.19. The third-order valence-corrected chi connectivity index (χ3v) is 9.88. The molecule has 3 aliphatic carbocycles. The molecule has 45 heavy (non-hydrogen) atoms. The van der Waals surface area contributed by atoms with Crippen molar-refractivity contribution in [3.63, 3.8) is 0 Å². The van der Waals surface area contributed by atoms with E-state index in [0.29, 0.717) is 52.4 Å². The Hall–Kier alpha value is -3.70. The van der Waals surface area contributed by atoms with Gasteiger partial charge in [0.1, 0.15) is 16.9 Å². The second-order valence-corrected chi connectivity index (χ2v) is 14.3. The van der Waals surface area contributed by atoms with Gasteiger partial charge >= 0.3 is 13.1 Å². The van der Waals surface area contributed by atoms with Gasteiger partial charge in [0, 0.05) is 18.1 Å². The van der Waals surface area contributed by atoms with Crippen LogP contribution in [0.4, 0.5) is 0 Å². The van der Waals surface area contributed by atoms with E-state index in [1.54, 1.807) is 37.3 Å². The number of carbonyl (C=O) groups is 2. The first-order chi connectivity index (χ1) is 21.2. The molecule has 1 aliphatic heterocycles. The van der Waals surface area contributed by atoms with Gasteiger partial charge in [0.2, 0.25) is 11.7 Å². The van der Waals surface area contributed by atoms with Gasteiger partial charge < -0.3 is 28.6 Å². The molecule has 4 fully saturated rings. The van der Waals surface area contributed by atoms with Crippen LogP contribution < -0.4 is 10.1 Å². The molecule has 4 aliphatic rings. The first-order valence-electron chi connectivity index (χ1n) is 15.6. The molecule has 3 saturated carbocycles. The lowest BCUT2D eigenvalue weighted by Crippen LogP contribution is -2.65. The number of aryl methyl sites for hydroxylation is 1. The van der Waals surface area contributed by atoms with Crippen molar-refractivity contribution in [1.29, 1.82) is 0 Å². The van der Waals surface area contributed by atoms with Gasteiger partial charge in [0.15, 0.2) is 0 Å². The van der Waals surface area contributed by atoms with E-state index in [1.165, 1.54) is 7.11 Å². The Morgan fingerprint density at radius 3 is 2.56 bits per heavy atom. The van der Waals surface area contributed by atoms with E-state index >= 15 is 0 Å². The van der Waals surface area contributed by atoms with Crippen molar-refractivity contribution < 1.29 is 32.9 Å². The number of ether oxygens (including phenoxy) is 2. The molecule has 11 heteroatoms. The van der Waals surface area contributed by atoms with Crippen LogP contribution in [0.25, 0.3) is 11.4 Å². The highest BCUT2D eigenvalue weighted by Gasteiger charge is 2.68. The fraction of sp³-hybridized carbons (Fsp3) is 0.529.